The molecule has 0 saturated carbocycles. The van der Waals surface area contributed by atoms with Crippen LogP contribution < -0.4 is 16.0 Å². The molecule has 0 bridgehead atoms. The molecule has 12 heteroatoms. The normalized spacial score (nSPS) is 12.2. The number of ether oxygens (including phenoxy) is 1. The van der Waals surface area contributed by atoms with Crippen molar-refractivity contribution in [2.75, 3.05) is 13.7 Å². The summed E-state index contributed by atoms with van der Waals surface area (Å²) in [6, 6.07) is 1.91. The van der Waals surface area contributed by atoms with E-state index in [1.165, 1.54) is 7.11 Å². The van der Waals surface area contributed by atoms with E-state index in [1.807, 2.05) is 0 Å². The minimum absolute atomic E-state index is 0.113. The third kappa shape index (κ3) is 4.35. The number of hydrogen-bond donors (Lipinski definition) is 0. The van der Waals surface area contributed by atoms with E-state index in [0.29, 0.717) is 5.71 Å². The number of nitrogens with zero attached hydrogens (tertiary/aromatic N) is 3. The molecule has 0 fully saturated rings. The van der Waals surface area contributed by atoms with Crippen molar-refractivity contribution in [3.8, 4) is 11.4 Å². The highest BCUT2D eigenvalue weighted by atomic mass is 35.5. The summed E-state index contributed by atoms with van der Waals surface area (Å²) in [6.07, 6.45) is -4.93. The maximum Gasteiger partial charge on any atom is 0.431 e. The van der Waals surface area contributed by atoms with Crippen LogP contribution in [0.5, 0.6) is 5.75 Å². The highest BCUT2D eigenvalue weighted by Crippen LogP contribution is 2.30. The standard InChI is InChI=1S/C16H14ClF4N3O4/c1-8(22-27-3)7-28-12-5-11(10(18)4-9(12)17)24-14(25)6-13(16(19,20)21)23(2)15(24)26/h4-6H,7H2,1-3H3. The third-order valence-corrected chi connectivity index (χ3v) is 3.83. The lowest BCUT2D eigenvalue weighted by Gasteiger charge is -2.15. The fraction of sp³-hybridized carbons (Fsp3) is 0.312. The Morgan fingerprint density at radius 3 is 2.46 bits per heavy atom. The molecule has 152 valence electrons. The van der Waals surface area contributed by atoms with Crippen LogP contribution in [-0.2, 0) is 18.1 Å². The van der Waals surface area contributed by atoms with Gasteiger partial charge in [-0.2, -0.15) is 13.2 Å². The van der Waals surface area contributed by atoms with Gasteiger partial charge in [-0.15, -0.1) is 0 Å². The Morgan fingerprint density at radius 2 is 1.89 bits per heavy atom. The third-order valence-electron chi connectivity index (χ3n) is 3.54. The van der Waals surface area contributed by atoms with Crippen molar-refractivity contribution in [3.63, 3.8) is 0 Å². The topological polar surface area (TPSA) is 74.8 Å². The molecule has 0 aliphatic carbocycles. The van der Waals surface area contributed by atoms with Gasteiger partial charge in [0.1, 0.15) is 31.0 Å². The second-order valence-corrected chi connectivity index (χ2v) is 5.98. The fourth-order valence-electron chi connectivity index (χ4n) is 2.28. The van der Waals surface area contributed by atoms with Crippen LogP contribution in [0.25, 0.3) is 5.69 Å². The van der Waals surface area contributed by atoms with Crippen LogP contribution >= 0.6 is 11.6 Å². The monoisotopic (exact) mass is 423 g/mol. The molecule has 2 aromatic rings. The molecule has 0 N–H and O–H groups in total. The van der Waals surface area contributed by atoms with Gasteiger partial charge in [0.25, 0.3) is 5.56 Å². The maximum absolute atomic E-state index is 14.3. The zero-order valence-electron chi connectivity index (χ0n) is 14.8. The molecular formula is C16H14ClF4N3O4. The molecule has 0 spiro atoms. The van der Waals surface area contributed by atoms with Crippen LogP contribution in [-0.4, -0.2) is 28.6 Å². The quantitative estimate of drug-likeness (QED) is 0.421. The first-order valence-corrected chi connectivity index (χ1v) is 7.94. The molecule has 2 rings (SSSR count). The first kappa shape index (κ1) is 21.5. The molecule has 0 saturated heterocycles. The molecule has 0 aliphatic rings. The number of benzene rings is 1. The molecule has 28 heavy (non-hydrogen) atoms. The second kappa shape index (κ2) is 8.05. The van der Waals surface area contributed by atoms with Crippen LogP contribution in [0.15, 0.2) is 32.9 Å². The molecule has 0 radical (unpaired) electrons. The van der Waals surface area contributed by atoms with E-state index >= 15 is 0 Å². The molecular weight excluding hydrogens is 410 g/mol. The zero-order chi connectivity index (χ0) is 21.2. The minimum Gasteiger partial charge on any atom is -0.486 e. The number of halogens is 5. The molecule has 1 aromatic carbocycles. The van der Waals surface area contributed by atoms with Crippen molar-refractivity contribution < 1.29 is 27.1 Å². The smallest absolute Gasteiger partial charge is 0.431 e. The highest BCUT2D eigenvalue weighted by molar-refractivity contribution is 6.32. The van der Waals surface area contributed by atoms with Crippen molar-refractivity contribution in [1.82, 2.24) is 9.13 Å². The lowest BCUT2D eigenvalue weighted by molar-refractivity contribution is -0.144. The van der Waals surface area contributed by atoms with Crippen molar-refractivity contribution in [3.05, 3.63) is 55.6 Å². The van der Waals surface area contributed by atoms with E-state index < -0.39 is 34.6 Å². The summed E-state index contributed by atoms with van der Waals surface area (Å²) in [6.45, 7) is 1.45. The van der Waals surface area contributed by atoms with Crippen molar-refractivity contribution in [1.29, 1.82) is 0 Å². The van der Waals surface area contributed by atoms with Gasteiger partial charge >= 0.3 is 11.9 Å². The summed E-state index contributed by atoms with van der Waals surface area (Å²) in [7, 11) is 2.14. The summed E-state index contributed by atoms with van der Waals surface area (Å²) >= 11 is 5.89. The van der Waals surface area contributed by atoms with Crippen LogP contribution in [0.3, 0.4) is 0 Å². The Labute approximate surface area is 160 Å². The molecule has 1 heterocycles. The number of hydrogen-bond acceptors (Lipinski definition) is 5. The summed E-state index contributed by atoms with van der Waals surface area (Å²) < 4.78 is 59.0. The van der Waals surface area contributed by atoms with Crippen LogP contribution in [0.4, 0.5) is 17.6 Å². The van der Waals surface area contributed by atoms with Gasteiger partial charge in [0, 0.05) is 19.2 Å². The fourth-order valence-corrected chi connectivity index (χ4v) is 2.49. The van der Waals surface area contributed by atoms with Crippen LogP contribution in [0.1, 0.15) is 12.6 Å². The summed E-state index contributed by atoms with van der Waals surface area (Å²) in [5.74, 6) is -1.21. The van der Waals surface area contributed by atoms with Crippen molar-refractivity contribution in [2.45, 2.75) is 13.1 Å². The van der Waals surface area contributed by atoms with Gasteiger partial charge in [-0.1, -0.05) is 16.8 Å². The Bertz CT molecular complexity index is 1040. The summed E-state index contributed by atoms with van der Waals surface area (Å²) in [5, 5.41) is 3.42. The first-order chi connectivity index (χ1) is 13.0. The summed E-state index contributed by atoms with van der Waals surface area (Å²) in [5.41, 5.74) is -4.42. The average molecular weight is 424 g/mol. The van der Waals surface area contributed by atoms with Crippen LogP contribution in [0, 0.1) is 5.82 Å². The zero-order valence-corrected chi connectivity index (χ0v) is 15.6. The van der Waals surface area contributed by atoms with E-state index in [2.05, 4.69) is 9.99 Å². The highest BCUT2D eigenvalue weighted by Gasteiger charge is 2.35. The van der Waals surface area contributed by atoms with Gasteiger partial charge in [-0.25, -0.2) is 13.8 Å². The van der Waals surface area contributed by atoms with E-state index in [1.54, 1.807) is 6.92 Å². The maximum atomic E-state index is 14.3. The van der Waals surface area contributed by atoms with Gasteiger partial charge in [0.05, 0.1) is 16.4 Å². The van der Waals surface area contributed by atoms with E-state index in [4.69, 9.17) is 16.3 Å². The number of aromatic nitrogens is 2. The minimum atomic E-state index is -4.93. The number of alkyl halides is 3. The lowest BCUT2D eigenvalue weighted by atomic mass is 10.2. The molecule has 0 atom stereocenters. The van der Waals surface area contributed by atoms with Crippen molar-refractivity contribution >= 4 is 17.3 Å². The molecule has 0 aliphatic heterocycles. The van der Waals surface area contributed by atoms with E-state index in [-0.39, 0.29) is 32.6 Å². The Morgan fingerprint density at radius 1 is 1.25 bits per heavy atom. The van der Waals surface area contributed by atoms with Gasteiger partial charge in [-0.05, 0) is 13.0 Å². The van der Waals surface area contributed by atoms with E-state index in [0.717, 1.165) is 19.2 Å². The predicted molar refractivity (Wildman–Crippen MR) is 92.9 cm³/mol. The largest absolute Gasteiger partial charge is 0.486 e. The lowest BCUT2D eigenvalue weighted by Crippen LogP contribution is -2.41. The van der Waals surface area contributed by atoms with Crippen LogP contribution in [0.2, 0.25) is 5.02 Å². The van der Waals surface area contributed by atoms with Gasteiger partial charge in [0.2, 0.25) is 0 Å². The Kier molecular flexibility index (Phi) is 6.17. The number of oxime groups is 1. The Balaban J connectivity index is 2.62. The van der Waals surface area contributed by atoms with Gasteiger partial charge < -0.3 is 9.57 Å². The van der Waals surface area contributed by atoms with Crippen molar-refractivity contribution in [2.24, 2.45) is 12.2 Å². The summed E-state index contributed by atoms with van der Waals surface area (Å²) in [4.78, 5) is 29.0. The Hall–Kier alpha value is -2.82. The molecule has 0 unspecified atom stereocenters. The second-order valence-electron chi connectivity index (χ2n) is 5.57. The molecule has 7 nitrogen and oxygen atoms in total. The average Bonchev–Trinajstić information content (AvgIpc) is 2.58. The predicted octanol–water partition coefficient (Wildman–Crippen LogP) is 2.75. The van der Waals surface area contributed by atoms with Gasteiger partial charge in [0.15, 0.2) is 0 Å². The SMILES string of the molecule is CON=C(C)COc1cc(-n2c(=O)cc(C(F)(F)F)n(C)c2=O)c(F)cc1Cl. The van der Waals surface area contributed by atoms with E-state index in [9.17, 15) is 27.2 Å². The first-order valence-electron chi connectivity index (χ1n) is 7.56. The molecule has 1 aromatic heterocycles. The van der Waals surface area contributed by atoms with Gasteiger partial charge in [-0.3, -0.25) is 9.36 Å². The number of rotatable bonds is 5. The molecule has 0 amide bonds.